The van der Waals surface area contributed by atoms with Crippen LogP contribution in [0.15, 0.2) is 47.4 Å². The van der Waals surface area contributed by atoms with E-state index in [1.807, 2.05) is 0 Å². The Morgan fingerprint density at radius 2 is 1.64 bits per heavy atom. The van der Waals surface area contributed by atoms with Crippen LogP contribution in [0.2, 0.25) is 10.0 Å². The van der Waals surface area contributed by atoms with Crippen LogP contribution >= 0.6 is 23.2 Å². The molecule has 2 amide bonds. The topological polar surface area (TPSA) is 95.6 Å². The number of hydrogen-bond donors (Lipinski definition) is 2. The van der Waals surface area contributed by atoms with Gasteiger partial charge < -0.3 is 10.2 Å². The van der Waals surface area contributed by atoms with E-state index in [9.17, 15) is 18.0 Å². The summed E-state index contributed by atoms with van der Waals surface area (Å²) in [6.45, 7) is 1.58. The molecule has 2 N–H and O–H groups in total. The van der Waals surface area contributed by atoms with Gasteiger partial charge in [-0.15, -0.1) is 0 Å². The molecule has 28 heavy (non-hydrogen) atoms. The molecule has 0 spiro atoms. The molecule has 0 radical (unpaired) electrons. The standard InChI is InChI=1S/C18H19Cl2N3O4S/c1-11(18(25)23(2)3)21-17(24)12-4-7-14(8-5-12)22-28(26,27)16-10-13(19)6-9-15(16)20/h4-11,22H,1-3H3,(H,21,24). The minimum atomic E-state index is -3.96. The number of nitrogens with zero attached hydrogens (tertiary/aromatic N) is 1. The Balaban J connectivity index is 2.13. The van der Waals surface area contributed by atoms with Gasteiger partial charge in [0.05, 0.1) is 5.02 Å². The summed E-state index contributed by atoms with van der Waals surface area (Å²) < 4.78 is 27.4. The molecule has 0 saturated carbocycles. The molecule has 1 unspecified atom stereocenters. The second-order valence-electron chi connectivity index (χ2n) is 6.19. The van der Waals surface area contributed by atoms with Gasteiger partial charge in [-0.2, -0.15) is 0 Å². The number of hydrogen-bond acceptors (Lipinski definition) is 4. The number of anilines is 1. The largest absolute Gasteiger partial charge is 0.347 e. The Kier molecular flexibility index (Phi) is 6.92. The third kappa shape index (κ3) is 5.37. The van der Waals surface area contributed by atoms with Crippen molar-refractivity contribution in [2.24, 2.45) is 0 Å². The minimum absolute atomic E-state index is 0.0347. The molecule has 0 aliphatic rings. The summed E-state index contributed by atoms with van der Waals surface area (Å²) in [7, 11) is -0.766. The van der Waals surface area contributed by atoms with E-state index in [4.69, 9.17) is 23.2 Å². The van der Waals surface area contributed by atoms with Crippen molar-refractivity contribution in [2.45, 2.75) is 17.9 Å². The number of carbonyl (C=O) groups is 2. The predicted molar refractivity (Wildman–Crippen MR) is 109 cm³/mol. The molecule has 0 aliphatic carbocycles. The van der Waals surface area contributed by atoms with Crippen LogP contribution in [0.1, 0.15) is 17.3 Å². The molecule has 0 aromatic heterocycles. The van der Waals surface area contributed by atoms with Gasteiger partial charge in [0.1, 0.15) is 10.9 Å². The molecule has 2 aromatic rings. The van der Waals surface area contributed by atoms with Crippen LogP contribution in [0.5, 0.6) is 0 Å². The number of likely N-dealkylation sites (N-methyl/N-ethyl adjacent to an activating group) is 1. The highest BCUT2D eigenvalue weighted by Crippen LogP contribution is 2.26. The van der Waals surface area contributed by atoms with E-state index in [0.29, 0.717) is 0 Å². The highest BCUT2D eigenvalue weighted by Gasteiger charge is 2.20. The van der Waals surface area contributed by atoms with Gasteiger partial charge in [0, 0.05) is 30.4 Å². The maximum Gasteiger partial charge on any atom is 0.263 e. The van der Waals surface area contributed by atoms with E-state index >= 15 is 0 Å². The molecule has 2 rings (SSSR count). The molecule has 0 bridgehead atoms. The molecule has 0 fully saturated rings. The maximum absolute atomic E-state index is 12.5. The van der Waals surface area contributed by atoms with Gasteiger partial charge in [-0.1, -0.05) is 23.2 Å². The average Bonchev–Trinajstić information content (AvgIpc) is 2.63. The lowest BCUT2D eigenvalue weighted by atomic mass is 10.2. The van der Waals surface area contributed by atoms with Gasteiger partial charge in [-0.3, -0.25) is 14.3 Å². The van der Waals surface area contributed by atoms with Gasteiger partial charge >= 0.3 is 0 Å². The highest BCUT2D eigenvalue weighted by atomic mass is 35.5. The number of benzene rings is 2. The molecule has 150 valence electrons. The van der Waals surface area contributed by atoms with Crippen LogP contribution in [0.4, 0.5) is 5.69 Å². The number of halogens is 2. The van der Waals surface area contributed by atoms with E-state index in [1.165, 1.54) is 47.4 Å². The normalized spacial score (nSPS) is 12.2. The van der Waals surface area contributed by atoms with E-state index in [0.717, 1.165) is 0 Å². The summed E-state index contributed by atoms with van der Waals surface area (Å²) in [6.07, 6.45) is 0. The SMILES string of the molecule is CC(NC(=O)c1ccc(NS(=O)(=O)c2cc(Cl)ccc2Cl)cc1)C(=O)N(C)C. The van der Waals surface area contributed by atoms with Crippen molar-refractivity contribution in [1.82, 2.24) is 10.2 Å². The number of carbonyl (C=O) groups excluding carboxylic acids is 2. The number of sulfonamides is 1. The molecular weight excluding hydrogens is 425 g/mol. The van der Waals surface area contributed by atoms with E-state index in [1.54, 1.807) is 21.0 Å². The Morgan fingerprint density at radius 3 is 2.21 bits per heavy atom. The van der Waals surface area contributed by atoms with Crippen molar-refractivity contribution in [3.8, 4) is 0 Å². The third-order valence-corrected chi connectivity index (χ3v) is 5.84. The summed E-state index contributed by atoms with van der Waals surface area (Å²) >= 11 is 11.8. The number of rotatable bonds is 6. The van der Waals surface area contributed by atoms with E-state index in [-0.39, 0.29) is 32.1 Å². The summed E-state index contributed by atoms with van der Waals surface area (Å²) in [6, 6.07) is 9.19. The van der Waals surface area contributed by atoms with Crippen molar-refractivity contribution in [2.75, 3.05) is 18.8 Å². The lowest BCUT2D eigenvalue weighted by Crippen LogP contribution is -2.44. The minimum Gasteiger partial charge on any atom is -0.347 e. The van der Waals surface area contributed by atoms with Crippen LogP contribution in [0.3, 0.4) is 0 Å². The van der Waals surface area contributed by atoms with Crippen molar-refractivity contribution in [1.29, 1.82) is 0 Å². The van der Waals surface area contributed by atoms with Gasteiger partial charge in [-0.05, 0) is 49.4 Å². The summed E-state index contributed by atoms with van der Waals surface area (Å²) in [5, 5.41) is 2.85. The Bertz CT molecular complexity index is 992. The number of nitrogens with one attached hydrogen (secondary N) is 2. The van der Waals surface area contributed by atoms with Gasteiger partial charge in [0.2, 0.25) is 5.91 Å². The molecule has 10 heteroatoms. The Hall–Kier alpha value is -2.29. The van der Waals surface area contributed by atoms with Crippen molar-refractivity contribution in [3.63, 3.8) is 0 Å². The number of amides is 2. The first-order valence-corrected chi connectivity index (χ1v) is 10.3. The van der Waals surface area contributed by atoms with Gasteiger partial charge in [0.15, 0.2) is 0 Å². The first-order chi connectivity index (χ1) is 13.0. The summed E-state index contributed by atoms with van der Waals surface area (Å²) in [5.41, 5.74) is 0.521. The molecule has 7 nitrogen and oxygen atoms in total. The molecule has 0 aliphatic heterocycles. The molecule has 0 heterocycles. The zero-order valence-electron chi connectivity index (χ0n) is 15.4. The van der Waals surface area contributed by atoms with Crippen LogP contribution < -0.4 is 10.0 Å². The first-order valence-electron chi connectivity index (χ1n) is 8.11. The predicted octanol–water partition coefficient (Wildman–Crippen LogP) is 3.00. The zero-order valence-corrected chi connectivity index (χ0v) is 17.7. The van der Waals surface area contributed by atoms with Gasteiger partial charge in [0.25, 0.3) is 15.9 Å². The second kappa shape index (κ2) is 8.81. The summed E-state index contributed by atoms with van der Waals surface area (Å²) in [5.74, 6) is -0.689. The average molecular weight is 444 g/mol. The first kappa shape index (κ1) is 22.0. The zero-order chi connectivity index (χ0) is 21.1. The second-order valence-corrected chi connectivity index (χ2v) is 8.68. The Morgan fingerprint density at radius 1 is 1.04 bits per heavy atom. The molecule has 2 aromatic carbocycles. The smallest absolute Gasteiger partial charge is 0.263 e. The van der Waals surface area contributed by atoms with E-state index in [2.05, 4.69) is 10.0 Å². The van der Waals surface area contributed by atoms with Crippen molar-refractivity contribution in [3.05, 3.63) is 58.1 Å². The van der Waals surface area contributed by atoms with Crippen molar-refractivity contribution < 1.29 is 18.0 Å². The van der Waals surface area contributed by atoms with E-state index < -0.39 is 22.0 Å². The van der Waals surface area contributed by atoms with Gasteiger partial charge in [-0.25, -0.2) is 8.42 Å². The monoisotopic (exact) mass is 443 g/mol. The molecular formula is C18H19Cl2N3O4S. The third-order valence-electron chi connectivity index (χ3n) is 3.74. The van der Waals surface area contributed by atoms with Crippen LogP contribution in [-0.4, -0.2) is 45.3 Å². The maximum atomic E-state index is 12.5. The molecule has 0 saturated heterocycles. The van der Waals surface area contributed by atoms with Crippen molar-refractivity contribution >= 4 is 50.7 Å². The van der Waals surface area contributed by atoms with Crippen LogP contribution in [0, 0.1) is 0 Å². The van der Waals surface area contributed by atoms with Crippen LogP contribution in [0.25, 0.3) is 0 Å². The lowest BCUT2D eigenvalue weighted by Gasteiger charge is -2.18. The lowest BCUT2D eigenvalue weighted by molar-refractivity contribution is -0.130. The fourth-order valence-electron chi connectivity index (χ4n) is 2.31. The molecule has 1 atom stereocenters. The fourth-order valence-corrected chi connectivity index (χ4v) is 4.13. The quantitative estimate of drug-likeness (QED) is 0.716. The summed E-state index contributed by atoms with van der Waals surface area (Å²) in [4.78, 5) is 25.3. The fraction of sp³-hybridized carbons (Fsp3) is 0.222. The van der Waals surface area contributed by atoms with Crippen LogP contribution in [-0.2, 0) is 14.8 Å². The highest BCUT2D eigenvalue weighted by molar-refractivity contribution is 7.92. The Labute approximate surface area is 173 Å².